The van der Waals surface area contributed by atoms with Gasteiger partial charge in [-0.3, -0.25) is 4.98 Å². The Bertz CT molecular complexity index is 675. The standard InChI is InChI=1S/C16H19N3O2/c1-10-5-6-17-9-12(10)18-14-8-11(15(20)21)7-13(19-14)16(2,3)4/h5-9H,1-4H3,(H,18,19)(H,20,21). The van der Waals surface area contributed by atoms with E-state index in [9.17, 15) is 9.90 Å². The summed E-state index contributed by atoms with van der Waals surface area (Å²) in [6, 6.07) is 5.03. The molecule has 21 heavy (non-hydrogen) atoms. The van der Waals surface area contributed by atoms with Crippen molar-refractivity contribution >= 4 is 17.5 Å². The number of rotatable bonds is 3. The second-order valence-corrected chi connectivity index (χ2v) is 6.00. The molecule has 0 saturated heterocycles. The third-order valence-corrected chi connectivity index (χ3v) is 3.14. The maximum absolute atomic E-state index is 11.3. The van der Waals surface area contributed by atoms with Gasteiger partial charge in [-0.05, 0) is 30.7 Å². The molecule has 0 unspecified atom stereocenters. The Balaban J connectivity index is 2.46. The number of carboxylic acid groups (broad SMARTS) is 1. The summed E-state index contributed by atoms with van der Waals surface area (Å²) in [6.07, 6.45) is 3.41. The van der Waals surface area contributed by atoms with Gasteiger partial charge in [-0.2, -0.15) is 0 Å². The Morgan fingerprint density at radius 2 is 2.00 bits per heavy atom. The van der Waals surface area contributed by atoms with Gasteiger partial charge in [-0.25, -0.2) is 9.78 Å². The van der Waals surface area contributed by atoms with Crippen LogP contribution in [0.1, 0.15) is 42.4 Å². The Morgan fingerprint density at radius 3 is 2.57 bits per heavy atom. The maximum atomic E-state index is 11.3. The number of hydrogen-bond acceptors (Lipinski definition) is 4. The fourth-order valence-electron chi connectivity index (χ4n) is 1.84. The van der Waals surface area contributed by atoms with Gasteiger partial charge < -0.3 is 10.4 Å². The summed E-state index contributed by atoms with van der Waals surface area (Å²) in [6.45, 7) is 7.95. The summed E-state index contributed by atoms with van der Waals surface area (Å²) < 4.78 is 0. The van der Waals surface area contributed by atoms with Gasteiger partial charge in [0.2, 0.25) is 0 Å². The minimum Gasteiger partial charge on any atom is -0.478 e. The smallest absolute Gasteiger partial charge is 0.335 e. The number of hydrogen-bond donors (Lipinski definition) is 2. The van der Waals surface area contributed by atoms with Gasteiger partial charge >= 0.3 is 5.97 Å². The molecule has 0 fully saturated rings. The molecule has 0 aliphatic carbocycles. The molecule has 0 radical (unpaired) electrons. The molecule has 0 aromatic carbocycles. The van der Waals surface area contributed by atoms with E-state index in [-0.39, 0.29) is 11.0 Å². The van der Waals surface area contributed by atoms with Crippen molar-refractivity contribution in [3.63, 3.8) is 0 Å². The van der Waals surface area contributed by atoms with Crippen molar-refractivity contribution in [2.45, 2.75) is 33.1 Å². The number of anilines is 2. The zero-order chi connectivity index (χ0) is 15.6. The third kappa shape index (κ3) is 3.56. The molecule has 2 N–H and O–H groups in total. The molecule has 2 rings (SSSR count). The first-order chi connectivity index (χ1) is 9.77. The van der Waals surface area contributed by atoms with Crippen LogP contribution in [0, 0.1) is 6.92 Å². The second kappa shape index (κ2) is 5.52. The number of nitrogens with zero attached hydrogens (tertiary/aromatic N) is 2. The van der Waals surface area contributed by atoms with Crippen LogP contribution in [0.2, 0.25) is 0 Å². The molecule has 0 aliphatic rings. The van der Waals surface area contributed by atoms with Crippen molar-refractivity contribution in [2.24, 2.45) is 0 Å². The van der Waals surface area contributed by atoms with Crippen LogP contribution in [0.15, 0.2) is 30.6 Å². The summed E-state index contributed by atoms with van der Waals surface area (Å²) in [5, 5.41) is 12.4. The van der Waals surface area contributed by atoms with Gasteiger partial charge in [0.1, 0.15) is 5.82 Å². The zero-order valence-electron chi connectivity index (χ0n) is 12.6. The highest BCUT2D eigenvalue weighted by molar-refractivity contribution is 5.89. The molecule has 0 atom stereocenters. The van der Waals surface area contributed by atoms with E-state index in [4.69, 9.17) is 0 Å². The Hall–Kier alpha value is -2.43. The first-order valence-electron chi connectivity index (χ1n) is 6.71. The monoisotopic (exact) mass is 285 g/mol. The van der Waals surface area contributed by atoms with Crippen molar-refractivity contribution in [1.29, 1.82) is 0 Å². The van der Waals surface area contributed by atoms with Crippen LogP contribution >= 0.6 is 0 Å². The van der Waals surface area contributed by atoms with E-state index in [2.05, 4.69) is 15.3 Å². The van der Waals surface area contributed by atoms with Crippen molar-refractivity contribution in [3.8, 4) is 0 Å². The number of aromatic carboxylic acids is 1. The largest absolute Gasteiger partial charge is 0.478 e. The fraction of sp³-hybridized carbons (Fsp3) is 0.312. The molecule has 0 aliphatic heterocycles. The van der Waals surface area contributed by atoms with Crippen LogP contribution in [-0.2, 0) is 5.41 Å². The van der Waals surface area contributed by atoms with Gasteiger partial charge in [0, 0.05) is 17.3 Å². The van der Waals surface area contributed by atoms with Crippen LogP contribution in [0.3, 0.4) is 0 Å². The van der Waals surface area contributed by atoms with E-state index in [1.165, 1.54) is 6.07 Å². The molecule has 110 valence electrons. The Morgan fingerprint density at radius 1 is 1.29 bits per heavy atom. The van der Waals surface area contributed by atoms with E-state index in [0.717, 1.165) is 16.9 Å². The van der Waals surface area contributed by atoms with Crippen molar-refractivity contribution in [3.05, 3.63) is 47.4 Å². The molecule has 0 amide bonds. The topological polar surface area (TPSA) is 75.1 Å². The summed E-state index contributed by atoms with van der Waals surface area (Å²) in [5.74, 6) is -0.454. The molecular formula is C16H19N3O2. The molecule has 2 heterocycles. The third-order valence-electron chi connectivity index (χ3n) is 3.14. The van der Waals surface area contributed by atoms with Crippen LogP contribution in [0.25, 0.3) is 0 Å². The lowest BCUT2D eigenvalue weighted by atomic mass is 9.91. The summed E-state index contributed by atoms with van der Waals surface area (Å²) in [4.78, 5) is 19.9. The maximum Gasteiger partial charge on any atom is 0.335 e. The highest BCUT2D eigenvalue weighted by atomic mass is 16.4. The second-order valence-electron chi connectivity index (χ2n) is 6.00. The predicted octanol–water partition coefficient (Wildman–Crippen LogP) is 3.52. The molecule has 0 bridgehead atoms. The molecular weight excluding hydrogens is 266 g/mol. The van der Waals surface area contributed by atoms with Gasteiger partial charge in [0.05, 0.1) is 17.4 Å². The summed E-state index contributed by atoms with van der Waals surface area (Å²) in [5.41, 5.74) is 2.55. The Kier molecular flexibility index (Phi) is 3.93. The minimum atomic E-state index is -0.964. The quantitative estimate of drug-likeness (QED) is 0.902. The number of carbonyl (C=O) groups is 1. The van der Waals surface area contributed by atoms with Crippen molar-refractivity contribution in [2.75, 3.05) is 5.32 Å². The summed E-state index contributed by atoms with van der Waals surface area (Å²) in [7, 11) is 0. The van der Waals surface area contributed by atoms with E-state index in [1.54, 1.807) is 18.5 Å². The molecule has 0 spiro atoms. The first-order valence-corrected chi connectivity index (χ1v) is 6.71. The highest BCUT2D eigenvalue weighted by Gasteiger charge is 2.19. The first kappa shape index (κ1) is 15.0. The lowest BCUT2D eigenvalue weighted by molar-refractivity contribution is 0.0696. The van der Waals surface area contributed by atoms with Crippen molar-refractivity contribution in [1.82, 2.24) is 9.97 Å². The van der Waals surface area contributed by atoms with Crippen LogP contribution in [0.4, 0.5) is 11.5 Å². The van der Waals surface area contributed by atoms with Crippen LogP contribution < -0.4 is 5.32 Å². The normalized spacial score (nSPS) is 11.2. The lowest BCUT2D eigenvalue weighted by Crippen LogP contribution is -2.16. The predicted molar refractivity (Wildman–Crippen MR) is 82.2 cm³/mol. The van der Waals surface area contributed by atoms with Crippen LogP contribution in [0.5, 0.6) is 0 Å². The number of pyridine rings is 2. The molecule has 5 nitrogen and oxygen atoms in total. The minimum absolute atomic E-state index is 0.221. The SMILES string of the molecule is Cc1ccncc1Nc1cc(C(=O)O)cc(C(C)(C)C)n1. The average Bonchev–Trinajstić information content (AvgIpc) is 2.40. The molecule has 2 aromatic heterocycles. The van der Waals surface area contributed by atoms with Crippen molar-refractivity contribution < 1.29 is 9.90 Å². The van der Waals surface area contributed by atoms with E-state index < -0.39 is 5.97 Å². The Labute approximate surface area is 124 Å². The number of nitrogens with one attached hydrogen (secondary N) is 1. The van der Waals surface area contributed by atoms with Crippen LogP contribution in [-0.4, -0.2) is 21.0 Å². The number of carboxylic acids is 1. The molecule has 5 heteroatoms. The van der Waals surface area contributed by atoms with E-state index in [0.29, 0.717) is 5.82 Å². The number of aryl methyl sites for hydroxylation is 1. The highest BCUT2D eigenvalue weighted by Crippen LogP contribution is 2.25. The molecule has 2 aromatic rings. The van der Waals surface area contributed by atoms with E-state index >= 15 is 0 Å². The van der Waals surface area contributed by atoms with Gasteiger partial charge in [-0.1, -0.05) is 20.8 Å². The zero-order valence-corrected chi connectivity index (χ0v) is 12.6. The number of aromatic nitrogens is 2. The fourth-order valence-corrected chi connectivity index (χ4v) is 1.84. The van der Waals surface area contributed by atoms with Gasteiger partial charge in [-0.15, -0.1) is 0 Å². The molecule has 0 saturated carbocycles. The summed E-state index contributed by atoms with van der Waals surface area (Å²) >= 11 is 0. The average molecular weight is 285 g/mol. The lowest BCUT2D eigenvalue weighted by Gasteiger charge is -2.20. The van der Waals surface area contributed by atoms with Gasteiger partial charge in [0.25, 0.3) is 0 Å². The van der Waals surface area contributed by atoms with Gasteiger partial charge in [0.15, 0.2) is 0 Å². The van der Waals surface area contributed by atoms with E-state index in [1.807, 2.05) is 33.8 Å².